The summed E-state index contributed by atoms with van der Waals surface area (Å²) in [5, 5.41) is 19.6. The molecule has 2 rings (SSSR count). The maximum Gasteiger partial charge on any atom is 0.306 e. The maximum absolute atomic E-state index is 10.9. The topological polar surface area (TPSA) is 73.7 Å². The monoisotopic (exact) mass is 278 g/mol. The molecule has 0 unspecified atom stereocenters. The third kappa shape index (κ3) is 4.02. The van der Waals surface area contributed by atoms with Gasteiger partial charge in [-0.05, 0) is 44.4 Å². The van der Waals surface area contributed by atoms with Crippen LogP contribution in [0, 0.1) is 5.92 Å². The summed E-state index contributed by atoms with van der Waals surface area (Å²) >= 11 is 0. The number of hydrogen-bond acceptors (Lipinski definition) is 4. The van der Waals surface area contributed by atoms with Crippen molar-refractivity contribution in [2.24, 2.45) is 5.92 Å². The first-order valence-electron chi connectivity index (χ1n) is 7.01. The number of hydrogen-bond donors (Lipinski definition) is 2. The number of aromatic nitrogens is 1. The molecule has 1 aromatic heterocycles. The zero-order valence-corrected chi connectivity index (χ0v) is 11.8. The van der Waals surface area contributed by atoms with Gasteiger partial charge in [0.25, 0.3) is 0 Å². The molecule has 1 heterocycles. The van der Waals surface area contributed by atoms with Gasteiger partial charge in [0.1, 0.15) is 0 Å². The van der Waals surface area contributed by atoms with Gasteiger partial charge in [0.2, 0.25) is 0 Å². The summed E-state index contributed by atoms with van der Waals surface area (Å²) in [6, 6.07) is 3.91. The van der Waals surface area contributed by atoms with E-state index in [1.54, 1.807) is 6.20 Å². The van der Waals surface area contributed by atoms with E-state index in [9.17, 15) is 9.90 Å². The van der Waals surface area contributed by atoms with Gasteiger partial charge in [-0.3, -0.25) is 14.7 Å². The minimum Gasteiger partial charge on any atom is -0.481 e. The summed E-state index contributed by atoms with van der Waals surface area (Å²) in [7, 11) is 1.97. The van der Waals surface area contributed by atoms with Gasteiger partial charge in [-0.1, -0.05) is 6.07 Å². The predicted molar refractivity (Wildman–Crippen MR) is 75.1 cm³/mol. The molecule has 1 aromatic rings. The highest BCUT2D eigenvalue weighted by molar-refractivity contribution is 5.70. The molecular weight excluding hydrogens is 256 g/mol. The molecule has 2 N–H and O–H groups in total. The average molecular weight is 278 g/mol. The van der Waals surface area contributed by atoms with Crippen LogP contribution in [0.1, 0.15) is 31.2 Å². The Morgan fingerprint density at radius 2 is 2.20 bits per heavy atom. The molecule has 0 saturated heterocycles. The predicted octanol–water partition coefficient (Wildman–Crippen LogP) is 1.52. The Bertz CT molecular complexity index is 442. The lowest BCUT2D eigenvalue weighted by Gasteiger charge is -2.37. The molecule has 0 amide bonds. The van der Waals surface area contributed by atoms with E-state index >= 15 is 0 Å². The van der Waals surface area contributed by atoms with Gasteiger partial charge in [-0.2, -0.15) is 0 Å². The van der Waals surface area contributed by atoms with Crippen LogP contribution in [0.15, 0.2) is 24.5 Å². The highest BCUT2D eigenvalue weighted by Crippen LogP contribution is 2.32. The van der Waals surface area contributed by atoms with E-state index in [-0.39, 0.29) is 5.92 Å². The first-order valence-corrected chi connectivity index (χ1v) is 7.01. The second kappa shape index (κ2) is 6.33. The summed E-state index contributed by atoms with van der Waals surface area (Å²) in [4.78, 5) is 17.1. The number of nitrogens with zero attached hydrogens (tertiary/aromatic N) is 2. The molecule has 0 atom stereocenters. The fourth-order valence-corrected chi connectivity index (χ4v) is 2.92. The minimum absolute atomic E-state index is 0.293. The zero-order valence-electron chi connectivity index (χ0n) is 11.8. The number of likely N-dealkylation sites (N-methyl/N-ethyl adjacent to an activating group) is 1. The summed E-state index contributed by atoms with van der Waals surface area (Å²) in [6.07, 6.45) is 5.80. The normalized spacial score (nSPS) is 26.6. The second-order valence-corrected chi connectivity index (χ2v) is 5.87. The molecule has 1 saturated carbocycles. The largest absolute Gasteiger partial charge is 0.481 e. The molecule has 20 heavy (non-hydrogen) atoms. The van der Waals surface area contributed by atoms with Crippen LogP contribution in [0.25, 0.3) is 0 Å². The molecule has 0 aromatic carbocycles. The van der Waals surface area contributed by atoms with Crippen molar-refractivity contribution in [1.29, 1.82) is 0 Å². The SMILES string of the molecule is CN(Cc1cccnc1)CC1(O)CCC(C(=O)O)CC1. The van der Waals surface area contributed by atoms with E-state index in [1.165, 1.54) is 0 Å². The molecule has 0 aliphatic heterocycles. The van der Waals surface area contributed by atoms with Crippen molar-refractivity contribution in [2.45, 2.75) is 37.8 Å². The Balaban J connectivity index is 1.85. The number of rotatable bonds is 5. The third-order valence-electron chi connectivity index (χ3n) is 4.01. The van der Waals surface area contributed by atoms with Gasteiger partial charge in [0, 0.05) is 25.5 Å². The lowest BCUT2D eigenvalue weighted by molar-refractivity contribution is -0.145. The van der Waals surface area contributed by atoms with E-state index in [2.05, 4.69) is 9.88 Å². The van der Waals surface area contributed by atoms with E-state index in [0.717, 1.165) is 12.1 Å². The van der Waals surface area contributed by atoms with Gasteiger partial charge in [-0.15, -0.1) is 0 Å². The maximum atomic E-state index is 10.9. The van der Waals surface area contributed by atoms with Gasteiger partial charge in [-0.25, -0.2) is 0 Å². The van der Waals surface area contributed by atoms with E-state index < -0.39 is 11.6 Å². The van der Waals surface area contributed by atoms with Gasteiger partial charge in [0.05, 0.1) is 11.5 Å². The van der Waals surface area contributed by atoms with Gasteiger partial charge >= 0.3 is 5.97 Å². The molecule has 110 valence electrons. The molecule has 0 spiro atoms. The number of aliphatic hydroxyl groups is 1. The quantitative estimate of drug-likeness (QED) is 0.854. The molecule has 1 aliphatic carbocycles. The first kappa shape index (κ1) is 14.9. The van der Waals surface area contributed by atoms with E-state index in [4.69, 9.17) is 5.11 Å². The van der Waals surface area contributed by atoms with Crippen LogP contribution >= 0.6 is 0 Å². The molecule has 0 bridgehead atoms. The number of pyridine rings is 1. The Morgan fingerprint density at radius 3 is 2.75 bits per heavy atom. The minimum atomic E-state index is -0.761. The van der Waals surface area contributed by atoms with Gasteiger partial charge < -0.3 is 10.2 Å². The van der Waals surface area contributed by atoms with Crippen molar-refractivity contribution in [2.75, 3.05) is 13.6 Å². The first-order chi connectivity index (χ1) is 9.48. The van der Waals surface area contributed by atoms with Crippen LogP contribution in [-0.2, 0) is 11.3 Å². The fourth-order valence-electron chi connectivity index (χ4n) is 2.92. The van der Waals surface area contributed by atoms with Crippen molar-refractivity contribution in [3.05, 3.63) is 30.1 Å². The molecular formula is C15H22N2O3. The summed E-state index contributed by atoms with van der Waals surface area (Å²) in [6.45, 7) is 1.30. The summed E-state index contributed by atoms with van der Waals surface area (Å²) < 4.78 is 0. The van der Waals surface area contributed by atoms with Crippen molar-refractivity contribution in [1.82, 2.24) is 9.88 Å². The lowest BCUT2D eigenvalue weighted by Crippen LogP contribution is -2.44. The number of carboxylic acids is 1. The Labute approximate surface area is 119 Å². The van der Waals surface area contributed by atoms with E-state index in [1.807, 2.05) is 25.4 Å². The smallest absolute Gasteiger partial charge is 0.306 e. The standard InChI is InChI=1S/C15H22N2O3/c1-17(10-12-3-2-8-16-9-12)11-15(20)6-4-13(5-7-15)14(18)19/h2-3,8-9,13,20H,4-7,10-11H2,1H3,(H,18,19). The van der Waals surface area contributed by atoms with Crippen LogP contribution in [0.5, 0.6) is 0 Å². The molecule has 5 nitrogen and oxygen atoms in total. The number of carbonyl (C=O) groups is 1. The summed E-state index contributed by atoms with van der Waals surface area (Å²) in [5.74, 6) is -1.03. The summed E-state index contributed by atoms with van der Waals surface area (Å²) in [5.41, 5.74) is 0.348. The van der Waals surface area contributed by atoms with Gasteiger partial charge in [0.15, 0.2) is 0 Å². The number of carboxylic acid groups (broad SMARTS) is 1. The van der Waals surface area contributed by atoms with E-state index in [0.29, 0.717) is 32.2 Å². The van der Waals surface area contributed by atoms with Crippen LogP contribution in [0.3, 0.4) is 0 Å². The lowest BCUT2D eigenvalue weighted by atomic mass is 9.78. The van der Waals surface area contributed by atoms with Crippen LogP contribution in [-0.4, -0.2) is 45.3 Å². The fraction of sp³-hybridized carbons (Fsp3) is 0.600. The van der Waals surface area contributed by atoms with Crippen LogP contribution < -0.4 is 0 Å². The zero-order chi connectivity index (χ0) is 14.6. The third-order valence-corrected chi connectivity index (χ3v) is 4.01. The molecule has 1 aliphatic rings. The highest BCUT2D eigenvalue weighted by atomic mass is 16.4. The molecule has 5 heteroatoms. The highest BCUT2D eigenvalue weighted by Gasteiger charge is 2.36. The van der Waals surface area contributed by atoms with Crippen molar-refractivity contribution >= 4 is 5.97 Å². The average Bonchev–Trinajstić information content (AvgIpc) is 2.39. The van der Waals surface area contributed by atoms with Crippen LogP contribution in [0.4, 0.5) is 0 Å². The van der Waals surface area contributed by atoms with Crippen LogP contribution in [0.2, 0.25) is 0 Å². The number of aliphatic carboxylic acids is 1. The Hall–Kier alpha value is -1.46. The molecule has 1 fully saturated rings. The second-order valence-electron chi connectivity index (χ2n) is 5.87. The Morgan fingerprint density at radius 1 is 1.50 bits per heavy atom. The van der Waals surface area contributed by atoms with Crippen molar-refractivity contribution < 1.29 is 15.0 Å². The van der Waals surface area contributed by atoms with Crippen molar-refractivity contribution in [3.8, 4) is 0 Å². The Kier molecular flexibility index (Phi) is 4.73. The van der Waals surface area contributed by atoms with Crippen molar-refractivity contribution in [3.63, 3.8) is 0 Å². The molecule has 0 radical (unpaired) electrons.